The van der Waals surface area contributed by atoms with Crippen molar-refractivity contribution in [3.05, 3.63) is 101 Å². The lowest BCUT2D eigenvalue weighted by atomic mass is 9.76. The van der Waals surface area contributed by atoms with E-state index in [-0.39, 0.29) is 11.9 Å². The van der Waals surface area contributed by atoms with Gasteiger partial charge in [-0.3, -0.25) is 9.78 Å². The molecule has 0 saturated heterocycles. The van der Waals surface area contributed by atoms with Crippen molar-refractivity contribution in [2.75, 3.05) is 10.6 Å². The third kappa shape index (κ3) is 3.18. The summed E-state index contributed by atoms with van der Waals surface area (Å²) >= 11 is 0. The number of hydrogen-bond donors (Lipinski definition) is 2. The van der Waals surface area contributed by atoms with E-state index in [4.69, 9.17) is 0 Å². The van der Waals surface area contributed by atoms with Crippen LogP contribution in [-0.4, -0.2) is 10.9 Å². The Balaban J connectivity index is 1.52. The standard InChI is InChI=1S/C26H25N3O/c1-16-11-12-19(14-17(16)2)28-26(30)23-10-4-9-22-20-7-3-8-21(20)24(29-25(22)23)18-6-5-13-27-15-18/h3-7,9-15,20-21,24,29H,8H2,1-2H3,(H,28,30). The second-order valence-corrected chi connectivity index (χ2v) is 8.28. The van der Waals surface area contributed by atoms with E-state index < -0.39 is 0 Å². The molecule has 0 spiro atoms. The van der Waals surface area contributed by atoms with Gasteiger partial charge in [0.25, 0.3) is 5.91 Å². The molecule has 2 heterocycles. The minimum absolute atomic E-state index is 0.0898. The van der Waals surface area contributed by atoms with Gasteiger partial charge in [-0.15, -0.1) is 0 Å². The van der Waals surface area contributed by atoms with Crippen LogP contribution >= 0.6 is 0 Å². The normalized spacial score (nSPS) is 21.5. The molecule has 150 valence electrons. The van der Waals surface area contributed by atoms with Crippen molar-refractivity contribution in [1.29, 1.82) is 0 Å². The van der Waals surface area contributed by atoms with Crippen LogP contribution in [0, 0.1) is 19.8 Å². The fraction of sp³-hybridized carbons (Fsp3) is 0.231. The minimum Gasteiger partial charge on any atom is -0.377 e. The molecule has 3 unspecified atom stereocenters. The summed E-state index contributed by atoms with van der Waals surface area (Å²) in [6.07, 6.45) is 9.30. The molecule has 1 amide bonds. The monoisotopic (exact) mass is 395 g/mol. The van der Waals surface area contributed by atoms with Crippen molar-refractivity contribution < 1.29 is 4.79 Å². The Bertz CT molecular complexity index is 1140. The topological polar surface area (TPSA) is 54.0 Å². The molecule has 1 aliphatic heterocycles. The van der Waals surface area contributed by atoms with E-state index in [1.54, 1.807) is 6.20 Å². The van der Waals surface area contributed by atoms with Crippen LogP contribution in [0.4, 0.5) is 11.4 Å². The van der Waals surface area contributed by atoms with Gasteiger partial charge in [-0.2, -0.15) is 0 Å². The van der Waals surface area contributed by atoms with Crippen LogP contribution in [0.25, 0.3) is 0 Å². The molecule has 4 nitrogen and oxygen atoms in total. The van der Waals surface area contributed by atoms with E-state index in [0.29, 0.717) is 17.4 Å². The van der Waals surface area contributed by atoms with Crippen molar-refractivity contribution in [3.8, 4) is 0 Å². The van der Waals surface area contributed by atoms with Crippen LogP contribution in [0.5, 0.6) is 0 Å². The highest BCUT2D eigenvalue weighted by Gasteiger charge is 2.39. The van der Waals surface area contributed by atoms with Crippen molar-refractivity contribution in [3.63, 3.8) is 0 Å². The Morgan fingerprint density at radius 2 is 2.00 bits per heavy atom. The number of anilines is 2. The number of nitrogens with zero attached hydrogens (tertiary/aromatic N) is 1. The number of pyridine rings is 1. The van der Waals surface area contributed by atoms with E-state index in [2.05, 4.69) is 53.7 Å². The van der Waals surface area contributed by atoms with Gasteiger partial charge in [0.05, 0.1) is 17.3 Å². The summed E-state index contributed by atoms with van der Waals surface area (Å²) in [5, 5.41) is 6.78. The van der Waals surface area contributed by atoms with Crippen molar-refractivity contribution in [1.82, 2.24) is 4.98 Å². The summed E-state index contributed by atoms with van der Waals surface area (Å²) in [4.78, 5) is 17.6. The summed E-state index contributed by atoms with van der Waals surface area (Å²) in [5.74, 6) is 0.647. The van der Waals surface area contributed by atoms with Gasteiger partial charge in [-0.25, -0.2) is 0 Å². The predicted octanol–water partition coefficient (Wildman–Crippen LogP) is 5.78. The first-order valence-electron chi connectivity index (χ1n) is 10.5. The van der Waals surface area contributed by atoms with E-state index in [0.717, 1.165) is 28.9 Å². The zero-order valence-corrected chi connectivity index (χ0v) is 17.2. The van der Waals surface area contributed by atoms with E-state index in [9.17, 15) is 4.79 Å². The van der Waals surface area contributed by atoms with Gasteiger partial charge >= 0.3 is 0 Å². The van der Waals surface area contributed by atoms with Gasteiger partial charge in [-0.1, -0.05) is 36.4 Å². The molecule has 0 saturated carbocycles. The fourth-order valence-electron chi connectivity index (χ4n) is 4.72. The summed E-state index contributed by atoms with van der Waals surface area (Å²) < 4.78 is 0. The number of benzene rings is 2. The van der Waals surface area contributed by atoms with Gasteiger partial charge in [0.2, 0.25) is 0 Å². The molecular formula is C26H25N3O. The third-order valence-corrected chi connectivity index (χ3v) is 6.45. The van der Waals surface area contributed by atoms with E-state index in [1.165, 1.54) is 11.1 Å². The lowest BCUT2D eigenvalue weighted by Gasteiger charge is -2.38. The summed E-state index contributed by atoms with van der Waals surface area (Å²) in [6, 6.07) is 16.3. The molecule has 5 rings (SSSR count). The van der Waals surface area contributed by atoms with Crippen molar-refractivity contribution in [2.45, 2.75) is 32.2 Å². The molecule has 4 heteroatoms. The van der Waals surface area contributed by atoms with Gasteiger partial charge in [-0.05, 0) is 72.7 Å². The molecule has 3 aromatic rings. The molecule has 3 atom stereocenters. The number of aromatic nitrogens is 1. The van der Waals surface area contributed by atoms with Crippen LogP contribution in [0.1, 0.15) is 51.0 Å². The maximum atomic E-state index is 13.2. The fourth-order valence-corrected chi connectivity index (χ4v) is 4.72. The highest BCUT2D eigenvalue weighted by Crippen LogP contribution is 2.50. The zero-order valence-electron chi connectivity index (χ0n) is 17.2. The maximum Gasteiger partial charge on any atom is 0.257 e. The van der Waals surface area contributed by atoms with Gasteiger partial charge in [0.1, 0.15) is 0 Å². The smallest absolute Gasteiger partial charge is 0.257 e. The number of allylic oxidation sites excluding steroid dienone is 2. The maximum absolute atomic E-state index is 13.2. The SMILES string of the molecule is Cc1ccc(NC(=O)c2cccc3c2NC(c2cccnc2)C2CC=CC32)cc1C. The number of para-hydroxylation sites is 1. The molecule has 0 radical (unpaired) electrons. The molecule has 2 N–H and O–H groups in total. The van der Waals surface area contributed by atoms with E-state index >= 15 is 0 Å². The Morgan fingerprint density at radius 3 is 2.80 bits per heavy atom. The quantitative estimate of drug-likeness (QED) is 0.553. The number of fused-ring (bicyclic) bond motifs is 3. The highest BCUT2D eigenvalue weighted by molar-refractivity contribution is 6.08. The number of rotatable bonds is 3. The molecule has 2 aromatic carbocycles. The van der Waals surface area contributed by atoms with Crippen molar-refractivity contribution in [2.24, 2.45) is 5.92 Å². The Hall–Kier alpha value is -3.40. The molecule has 1 aliphatic carbocycles. The summed E-state index contributed by atoms with van der Waals surface area (Å²) in [6.45, 7) is 4.13. The van der Waals surface area contributed by atoms with Crippen LogP contribution in [0.15, 0.2) is 73.1 Å². The molecular weight excluding hydrogens is 370 g/mol. The molecule has 30 heavy (non-hydrogen) atoms. The molecule has 0 bridgehead atoms. The highest BCUT2D eigenvalue weighted by atomic mass is 16.1. The zero-order chi connectivity index (χ0) is 20.7. The number of carbonyl (C=O) groups is 1. The average molecular weight is 396 g/mol. The van der Waals surface area contributed by atoms with E-state index in [1.807, 2.05) is 42.6 Å². The van der Waals surface area contributed by atoms with Crippen LogP contribution in [0.2, 0.25) is 0 Å². The Labute approximate surface area is 177 Å². The Kier molecular flexibility index (Phi) is 4.62. The van der Waals surface area contributed by atoms with Gasteiger partial charge < -0.3 is 10.6 Å². The first-order valence-corrected chi connectivity index (χ1v) is 10.5. The lowest BCUT2D eigenvalue weighted by molar-refractivity contribution is 0.102. The minimum atomic E-state index is -0.0898. The Morgan fingerprint density at radius 1 is 1.10 bits per heavy atom. The van der Waals surface area contributed by atoms with Crippen LogP contribution < -0.4 is 10.6 Å². The second-order valence-electron chi connectivity index (χ2n) is 8.28. The van der Waals surface area contributed by atoms with Crippen LogP contribution in [0.3, 0.4) is 0 Å². The number of nitrogens with one attached hydrogen (secondary N) is 2. The third-order valence-electron chi connectivity index (χ3n) is 6.45. The first kappa shape index (κ1) is 18.6. The number of aryl methyl sites for hydroxylation is 2. The summed E-state index contributed by atoms with van der Waals surface area (Å²) in [7, 11) is 0. The lowest BCUT2D eigenvalue weighted by Crippen LogP contribution is -2.31. The second kappa shape index (κ2) is 7.45. The van der Waals surface area contributed by atoms with Crippen molar-refractivity contribution >= 4 is 17.3 Å². The number of hydrogen-bond acceptors (Lipinski definition) is 3. The average Bonchev–Trinajstić information content (AvgIpc) is 3.26. The molecule has 1 aromatic heterocycles. The largest absolute Gasteiger partial charge is 0.377 e. The molecule has 2 aliphatic rings. The van der Waals surface area contributed by atoms with Gasteiger partial charge in [0, 0.05) is 24.0 Å². The first-order chi connectivity index (χ1) is 14.6. The molecule has 0 fully saturated rings. The van der Waals surface area contributed by atoms with Gasteiger partial charge in [0.15, 0.2) is 0 Å². The summed E-state index contributed by atoms with van der Waals surface area (Å²) in [5.41, 5.74) is 7.16. The number of amides is 1. The van der Waals surface area contributed by atoms with Crippen LogP contribution in [-0.2, 0) is 0 Å². The predicted molar refractivity (Wildman–Crippen MR) is 121 cm³/mol. The number of carbonyl (C=O) groups excluding carboxylic acids is 1.